The largest absolute Gasteiger partial charge is 0.351 e. The highest BCUT2D eigenvalue weighted by atomic mass is 15.2. The number of hydrogen-bond donors (Lipinski definition) is 1. The summed E-state index contributed by atoms with van der Waals surface area (Å²) in [5.41, 5.74) is 7.46. The van der Waals surface area contributed by atoms with Gasteiger partial charge in [-0.3, -0.25) is 0 Å². The lowest BCUT2D eigenvalue weighted by Gasteiger charge is -2.39. The summed E-state index contributed by atoms with van der Waals surface area (Å²) >= 11 is 0. The normalized spacial score (nSPS) is 23.8. The van der Waals surface area contributed by atoms with Gasteiger partial charge in [-0.25, -0.2) is 4.98 Å². The van der Waals surface area contributed by atoms with Crippen molar-refractivity contribution in [2.45, 2.75) is 32.7 Å². The van der Waals surface area contributed by atoms with Gasteiger partial charge in [-0.1, -0.05) is 6.92 Å². The van der Waals surface area contributed by atoms with Gasteiger partial charge in [0.05, 0.1) is 5.56 Å². The molecule has 2 atom stereocenters. The van der Waals surface area contributed by atoms with Gasteiger partial charge in [-0.05, 0) is 37.8 Å². The second-order valence-electron chi connectivity index (χ2n) is 5.15. The predicted molar refractivity (Wildman–Crippen MR) is 72.3 cm³/mol. The molecule has 2 unspecified atom stereocenters. The van der Waals surface area contributed by atoms with E-state index >= 15 is 0 Å². The third-order valence-corrected chi connectivity index (χ3v) is 3.66. The fourth-order valence-electron chi connectivity index (χ4n) is 2.60. The molecule has 1 aliphatic heterocycles. The van der Waals surface area contributed by atoms with Gasteiger partial charge in [0.1, 0.15) is 11.9 Å². The van der Waals surface area contributed by atoms with Crippen molar-refractivity contribution in [2.75, 3.05) is 18.0 Å². The molecule has 1 saturated heterocycles. The molecule has 4 nitrogen and oxygen atoms in total. The maximum absolute atomic E-state index is 9.20. The lowest BCUT2D eigenvalue weighted by Crippen LogP contribution is -2.47. The van der Waals surface area contributed by atoms with Gasteiger partial charge in [0, 0.05) is 24.8 Å². The number of nitrogens with two attached hydrogens (primary N) is 1. The first kappa shape index (κ1) is 12.8. The van der Waals surface area contributed by atoms with Crippen molar-refractivity contribution in [3.63, 3.8) is 0 Å². The zero-order valence-corrected chi connectivity index (χ0v) is 11.1. The molecule has 0 saturated carbocycles. The molecular formula is C14H20N4. The topological polar surface area (TPSA) is 65.9 Å². The van der Waals surface area contributed by atoms with Gasteiger partial charge in [-0.2, -0.15) is 5.26 Å². The van der Waals surface area contributed by atoms with Crippen molar-refractivity contribution in [2.24, 2.45) is 11.7 Å². The number of nitriles is 1. The average Bonchev–Trinajstić information content (AvgIpc) is 2.38. The summed E-state index contributed by atoms with van der Waals surface area (Å²) in [6.45, 7) is 5.77. The lowest BCUT2D eigenvalue weighted by molar-refractivity contribution is 0.364. The Morgan fingerprint density at radius 1 is 1.56 bits per heavy atom. The predicted octanol–water partition coefficient (Wildman–Crippen LogP) is 1.83. The number of nitrogens with zero attached hydrogens (tertiary/aromatic N) is 3. The SMILES string of the molecule is Cc1ccc(C#N)c(N2CCC(C)CC2CN)n1. The highest BCUT2D eigenvalue weighted by Crippen LogP contribution is 2.28. The van der Waals surface area contributed by atoms with E-state index in [1.807, 2.05) is 19.1 Å². The molecule has 96 valence electrons. The van der Waals surface area contributed by atoms with E-state index in [0.29, 0.717) is 24.1 Å². The molecule has 0 bridgehead atoms. The summed E-state index contributed by atoms with van der Waals surface area (Å²) in [7, 11) is 0. The molecule has 0 amide bonds. The molecule has 18 heavy (non-hydrogen) atoms. The van der Waals surface area contributed by atoms with Gasteiger partial charge in [0.25, 0.3) is 0 Å². The van der Waals surface area contributed by atoms with Gasteiger partial charge < -0.3 is 10.6 Å². The standard InChI is InChI=1S/C14H20N4/c1-10-5-6-18(13(7-10)9-16)14-12(8-15)4-3-11(2)17-14/h3-4,10,13H,5-7,9,16H2,1-2H3. The van der Waals surface area contributed by atoms with E-state index in [2.05, 4.69) is 22.9 Å². The molecule has 0 aromatic carbocycles. The average molecular weight is 244 g/mol. The van der Waals surface area contributed by atoms with Crippen LogP contribution in [-0.4, -0.2) is 24.1 Å². The summed E-state index contributed by atoms with van der Waals surface area (Å²) in [6.07, 6.45) is 2.22. The summed E-state index contributed by atoms with van der Waals surface area (Å²) < 4.78 is 0. The first-order chi connectivity index (χ1) is 8.65. The molecule has 0 radical (unpaired) electrons. The Hall–Kier alpha value is -1.60. The molecular weight excluding hydrogens is 224 g/mol. The molecule has 2 rings (SSSR count). The maximum Gasteiger partial charge on any atom is 0.147 e. The van der Waals surface area contributed by atoms with E-state index in [0.717, 1.165) is 30.9 Å². The van der Waals surface area contributed by atoms with Crippen LogP contribution in [0.5, 0.6) is 0 Å². The Morgan fingerprint density at radius 3 is 3.00 bits per heavy atom. The monoisotopic (exact) mass is 244 g/mol. The first-order valence-electron chi connectivity index (χ1n) is 6.50. The van der Waals surface area contributed by atoms with Crippen molar-refractivity contribution >= 4 is 5.82 Å². The summed E-state index contributed by atoms with van der Waals surface area (Å²) in [5, 5.41) is 9.20. The summed E-state index contributed by atoms with van der Waals surface area (Å²) in [4.78, 5) is 6.75. The molecule has 1 fully saturated rings. The van der Waals surface area contributed by atoms with Crippen LogP contribution >= 0.6 is 0 Å². The summed E-state index contributed by atoms with van der Waals surface area (Å²) in [5.74, 6) is 1.50. The molecule has 4 heteroatoms. The van der Waals surface area contributed by atoms with E-state index < -0.39 is 0 Å². The van der Waals surface area contributed by atoms with Crippen LogP contribution in [0, 0.1) is 24.2 Å². The first-order valence-corrected chi connectivity index (χ1v) is 6.50. The molecule has 1 aliphatic rings. The van der Waals surface area contributed by atoms with Crippen LogP contribution in [0.25, 0.3) is 0 Å². The van der Waals surface area contributed by atoms with Crippen LogP contribution in [0.2, 0.25) is 0 Å². The van der Waals surface area contributed by atoms with Crippen molar-refractivity contribution in [3.8, 4) is 6.07 Å². The second kappa shape index (κ2) is 5.36. The third-order valence-electron chi connectivity index (χ3n) is 3.66. The smallest absolute Gasteiger partial charge is 0.147 e. The molecule has 0 spiro atoms. The van der Waals surface area contributed by atoms with Gasteiger partial charge in [-0.15, -0.1) is 0 Å². The van der Waals surface area contributed by atoms with Crippen LogP contribution in [-0.2, 0) is 0 Å². The number of aryl methyl sites for hydroxylation is 1. The van der Waals surface area contributed by atoms with E-state index in [-0.39, 0.29) is 0 Å². The quantitative estimate of drug-likeness (QED) is 0.862. The Bertz CT molecular complexity index is 463. The Morgan fingerprint density at radius 2 is 2.33 bits per heavy atom. The van der Waals surface area contributed by atoms with Crippen LogP contribution in [0.15, 0.2) is 12.1 Å². The zero-order valence-electron chi connectivity index (χ0n) is 11.1. The van der Waals surface area contributed by atoms with Crippen molar-refractivity contribution < 1.29 is 0 Å². The second-order valence-corrected chi connectivity index (χ2v) is 5.15. The minimum absolute atomic E-state index is 0.301. The van der Waals surface area contributed by atoms with Gasteiger partial charge in [0.2, 0.25) is 0 Å². The Kier molecular flexibility index (Phi) is 3.83. The number of pyridine rings is 1. The molecule has 2 N–H and O–H groups in total. The zero-order chi connectivity index (χ0) is 13.1. The van der Waals surface area contributed by atoms with E-state index in [4.69, 9.17) is 5.73 Å². The maximum atomic E-state index is 9.20. The van der Waals surface area contributed by atoms with E-state index in [1.54, 1.807) is 0 Å². The van der Waals surface area contributed by atoms with Crippen molar-refractivity contribution in [1.29, 1.82) is 5.26 Å². The van der Waals surface area contributed by atoms with Crippen molar-refractivity contribution in [3.05, 3.63) is 23.4 Å². The highest BCUT2D eigenvalue weighted by Gasteiger charge is 2.27. The number of piperidine rings is 1. The minimum atomic E-state index is 0.301. The number of hydrogen-bond acceptors (Lipinski definition) is 4. The molecule has 1 aromatic rings. The number of anilines is 1. The van der Waals surface area contributed by atoms with Crippen LogP contribution in [0.1, 0.15) is 31.0 Å². The Balaban J connectivity index is 2.35. The number of aromatic nitrogens is 1. The van der Waals surface area contributed by atoms with Gasteiger partial charge in [0.15, 0.2) is 0 Å². The van der Waals surface area contributed by atoms with Crippen LogP contribution < -0.4 is 10.6 Å². The molecule has 1 aromatic heterocycles. The Labute approximate surface area is 108 Å². The third kappa shape index (κ3) is 2.46. The van der Waals surface area contributed by atoms with E-state index in [1.165, 1.54) is 0 Å². The van der Waals surface area contributed by atoms with Crippen molar-refractivity contribution in [1.82, 2.24) is 4.98 Å². The molecule has 0 aliphatic carbocycles. The fraction of sp³-hybridized carbons (Fsp3) is 0.571. The van der Waals surface area contributed by atoms with E-state index in [9.17, 15) is 5.26 Å². The van der Waals surface area contributed by atoms with Crippen LogP contribution in [0.3, 0.4) is 0 Å². The summed E-state index contributed by atoms with van der Waals surface area (Å²) in [6, 6.07) is 6.26. The lowest BCUT2D eigenvalue weighted by atomic mass is 9.92. The van der Waals surface area contributed by atoms with Crippen LogP contribution in [0.4, 0.5) is 5.82 Å². The van der Waals surface area contributed by atoms with Gasteiger partial charge >= 0.3 is 0 Å². The number of rotatable bonds is 2. The fourth-order valence-corrected chi connectivity index (χ4v) is 2.60. The molecule has 2 heterocycles. The highest BCUT2D eigenvalue weighted by molar-refractivity contribution is 5.55. The minimum Gasteiger partial charge on any atom is -0.351 e.